The Morgan fingerprint density at radius 3 is 2.40 bits per heavy atom. The first-order valence-electron chi connectivity index (χ1n) is 6.00. The van der Waals surface area contributed by atoms with Crippen LogP contribution >= 0.6 is 0 Å². The molecule has 0 aliphatic heterocycles. The van der Waals surface area contributed by atoms with Crippen LogP contribution in [0.15, 0.2) is 42.5 Å². The van der Waals surface area contributed by atoms with Crippen LogP contribution in [-0.4, -0.2) is 18.8 Å². The van der Waals surface area contributed by atoms with Gasteiger partial charge in [-0.25, -0.2) is 8.78 Å². The van der Waals surface area contributed by atoms with Crippen molar-refractivity contribution in [3.63, 3.8) is 0 Å². The lowest BCUT2D eigenvalue weighted by molar-refractivity contribution is 0.105. The molecule has 0 bridgehead atoms. The van der Waals surface area contributed by atoms with E-state index in [2.05, 4.69) is 0 Å². The van der Waals surface area contributed by atoms with E-state index in [4.69, 9.17) is 9.47 Å². The molecule has 1 N–H and O–H groups in total. The normalized spacial score (nSPS) is 12.0. The molecule has 2 aromatic rings. The molecular weight excluding hydrogens is 266 g/mol. The van der Waals surface area contributed by atoms with Gasteiger partial charge >= 0.3 is 0 Å². The van der Waals surface area contributed by atoms with Crippen molar-refractivity contribution in [2.24, 2.45) is 0 Å². The topological polar surface area (TPSA) is 38.7 Å². The fourth-order valence-electron chi connectivity index (χ4n) is 1.68. The van der Waals surface area contributed by atoms with Gasteiger partial charge in [0, 0.05) is 6.07 Å². The summed E-state index contributed by atoms with van der Waals surface area (Å²) in [7, 11) is 1.55. The molecule has 2 rings (SSSR count). The second kappa shape index (κ2) is 6.34. The smallest absolute Gasteiger partial charge is 0.167 e. The molecular formula is C15H14F2O3. The zero-order valence-electron chi connectivity index (χ0n) is 10.8. The summed E-state index contributed by atoms with van der Waals surface area (Å²) < 4.78 is 36.2. The number of rotatable bonds is 5. The molecule has 20 heavy (non-hydrogen) atoms. The quantitative estimate of drug-likeness (QED) is 0.914. The van der Waals surface area contributed by atoms with Gasteiger partial charge in [0.1, 0.15) is 24.3 Å². The lowest BCUT2D eigenvalue weighted by Crippen LogP contribution is -2.10. The van der Waals surface area contributed by atoms with Gasteiger partial charge in [0.15, 0.2) is 11.6 Å². The van der Waals surface area contributed by atoms with Crippen LogP contribution in [-0.2, 0) is 0 Å². The number of aliphatic hydroxyl groups is 1. The Morgan fingerprint density at radius 2 is 1.80 bits per heavy atom. The van der Waals surface area contributed by atoms with Gasteiger partial charge in [-0.3, -0.25) is 0 Å². The zero-order valence-corrected chi connectivity index (χ0v) is 10.8. The van der Waals surface area contributed by atoms with Crippen molar-refractivity contribution in [3.8, 4) is 11.5 Å². The molecule has 1 unspecified atom stereocenters. The van der Waals surface area contributed by atoms with E-state index in [1.165, 1.54) is 6.07 Å². The SMILES string of the molecule is COc1ccc(C(O)COc2ccc(F)cc2F)cc1. The van der Waals surface area contributed by atoms with Crippen LogP contribution in [0, 0.1) is 11.6 Å². The maximum absolute atomic E-state index is 13.3. The number of halogens is 2. The van der Waals surface area contributed by atoms with Crippen molar-refractivity contribution < 1.29 is 23.4 Å². The molecule has 0 radical (unpaired) electrons. The van der Waals surface area contributed by atoms with Crippen LogP contribution in [0.3, 0.4) is 0 Å². The number of hydrogen-bond acceptors (Lipinski definition) is 3. The summed E-state index contributed by atoms with van der Waals surface area (Å²) in [5, 5.41) is 9.93. The minimum atomic E-state index is -0.912. The summed E-state index contributed by atoms with van der Waals surface area (Å²) in [6.07, 6.45) is -0.912. The molecule has 0 saturated heterocycles. The highest BCUT2D eigenvalue weighted by atomic mass is 19.1. The van der Waals surface area contributed by atoms with Gasteiger partial charge in [0.05, 0.1) is 7.11 Å². The van der Waals surface area contributed by atoms with Crippen LogP contribution in [0.4, 0.5) is 8.78 Å². The summed E-state index contributed by atoms with van der Waals surface area (Å²) in [6, 6.07) is 9.80. The third kappa shape index (κ3) is 3.45. The highest BCUT2D eigenvalue weighted by molar-refractivity contribution is 5.29. The van der Waals surface area contributed by atoms with Crippen molar-refractivity contribution in [1.29, 1.82) is 0 Å². The van der Waals surface area contributed by atoms with E-state index >= 15 is 0 Å². The first-order valence-corrected chi connectivity index (χ1v) is 6.00. The van der Waals surface area contributed by atoms with Gasteiger partial charge in [-0.1, -0.05) is 12.1 Å². The summed E-state index contributed by atoms with van der Waals surface area (Å²) in [5.74, 6) is -0.900. The van der Waals surface area contributed by atoms with E-state index in [0.29, 0.717) is 11.3 Å². The first-order chi connectivity index (χ1) is 9.60. The summed E-state index contributed by atoms with van der Waals surface area (Å²) in [5.41, 5.74) is 0.619. The first kappa shape index (κ1) is 14.3. The minimum absolute atomic E-state index is 0.0982. The summed E-state index contributed by atoms with van der Waals surface area (Å²) >= 11 is 0. The van der Waals surface area contributed by atoms with Crippen LogP contribution in [0.25, 0.3) is 0 Å². The van der Waals surface area contributed by atoms with E-state index in [-0.39, 0.29) is 12.4 Å². The molecule has 2 aromatic carbocycles. The molecule has 1 atom stereocenters. The monoisotopic (exact) mass is 280 g/mol. The molecule has 0 saturated carbocycles. The molecule has 0 aliphatic carbocycles. The Balaban J connectivity index is 1.98. The summed E-state index contributed by atoms with van der Waals surface area (Å²) in [4.78, 5) is 0. The number of aliphatic hydroxyl groups excluding tert-OH is 1. The number of ether oxygens (including phenoxy) is 2. The molecule has 5 heteroatoms. The minimum Gasteiger partial charge on any atom is -0.497 e. The Morgan fingerprint density at radius 1 is 1.10 bits per heavy atom. The second-order valence-electron chi connectivity index (χ2n) is 4.17. The molecule has 0 heterocycles. The highest BCUT2D eigenvalue weighted by Gasteiger charge is 2.11. The van der Waals surface area contributed by atoms with Crippen LogP contribution in [0.1, 0.15) is 11.7 Å². The van der Waals surface area contributed by atoms with Crippen molar-refractivity contribution in [2.45, 2.75) is 6.10 Å². The van der Waals surface area contributed by atoms with Crippen LogP contribution < -0.4 is 9.47 Å². The van der Waals surface area contributed by atoms with Crippen molar-refractivity contribution in [3.05, 3.63) is 59.7 Å². The number of benzene rings is 2. The molecule has 0 amide bonds. The lowest BCUT2D eigenvalue weighted by Gasteiger charge is -2.13. The third-order valence-electron chi connectivity index (χ3n) is 2.79. The number of methoxy groups -OCH3 is 1. The van der Waals surface area contributed by atoms with E-state index in [1.807, 2.05) is 0 Å². The molecule has 0 aliphatic rings. The standard InChI is InChI=1S/C15H14F2O3/c1-19-12-5-2-10(3-6-12)14(18)9-20-15-7-4-11(16)8-13(15)17/h2-8,14,18H,9H2,1H3. The molecule has 0 spiro atoms. The van der Waals surface area contributed by atoms with Crippen LogP contribution in [0.5, 0.6) is 11.5 Å². The Kier molecular flexibility index (Phi) is 4.53. The van der Waals surface area contributed by atoms with E-state index in [9.17, 15) is 13.9 Å². The Hall–Kier alpha value is -2.14. The Labute approximate surface area is 115 Å². The average molecular weight is 280 g/mol. The fraction of sp³-hybridized carbons (Fsp3) is 0.200. The fourth-order valence-corrected chi connectivity index (χ4v) is 1.68. The highest BCUT2D eigenvalue weighted by Crippen LogP contribution is 2.21. The van der Waals surface area contributed by atoms with Crippen molar-refractivity contribution in [2.75, 3.05) is 13.7 Å². The van der Waals surface area contributed by atoms with Gasteiger partial charge in [0.2, 0.25) is 0 Å². The Bertz CT molecular complexity index is 570. The van der Waals surface area contributed by atoms with E-state index < -0.39 is 17.7 Å². The van der Waals surface area contributed by atoms with E-state index in [1.54, 1.807) is 31.4 Å². The molecule has 106 valence electrons. The molecule has 0 fully saturated rings. The zero-order chi connectivity index (χ0) is 14.5. The molecule has 0 aromatic heterocycles. The molecule has 3 nitrogen and oxygen atoms in total. The lowest BCUT2D eigenvalue weighted by atomic mass is 10.1. The van der Waals surface area contributed by atoms with E-state index in [0.717, 1.165) is 12.1 Å². The third-order valence-corrected chi connectivity index (χ3v) is 2.79. The average Bonchev–Trinajstić information content (AvgIpc) is 2.46. The van der Waals surface area contributed by atoms with Gasteiger partial charge in [0.25, 0.3) is 0 Å². The largest absolute Gasteiger partial charge is 0.497 e. The second-order valence-corrected chi connectivity index (χ2v) is 4.17. The van der Waals surface area contributed by atoms with Gasteiger partial charge in [-0.05, 0) is 29.8 Å². The van der Waals surface area contributed by atoms with Gasteiger partial charge in [-0.2, -0.15) is 0 Å². The maximum atomic E-state index is 13.3. The maximum Gasteiger partial charge on any atom is 0.167 e. The number of hydrogen-bond donors (Lipinski definition) is 1. The van der Waals surface area contributed by atoms with Gasteiger partial charge < -0.3 is 14.6 Å². The van der Waals surface area contributed by atoms with Crippen molar-refractivity contribution >= 4 is 0 Å². The summed E-state index contributed by atoms with van der Waals surface area (Å²) in [6.45, 7) is -0.130. The predicted octanol–water partition coefficient (Wildman–Crippen LogP) is 3.09. The van der Waals surface area contributed by atoms with Crippen molar-refractivity contribution in [1.82, 2.24) is 0 Å². The van der Waals surface area contributed by atoms with Crippen LogP contribution in [0.2, 0.25) is 0 Å². The predicted molar refractivity (Wildman–Crippen MR) is 69.8 cm³/mol. The van der Waals surface area contributed by atoms with Gasteiger partial charge in [-0.15, -0.1) is 0 Å².